The van der Waals surface area contributed by atoms with E-state index in [0.29, 0.717) is 33.6 Å². The van der Waals surface area contributed by atoms with Crippen LogP contribution in [0.2, 0.25) is 0 Å². The van der Waals surface area contributed by atoms with Gasteiger partial charge in [0.2, 0.25) is 0 Å². The molecule has 4 atom stereocenters. The van der Waals surface area contributed by atoms with Gasteiger partial charge in [-0.15, -0.1) is 0 Å². The third kappa shape index (κ3) is 8.18. The molecule has 1 aliphatic carbocycles. The molecule has 0 amide bonds. The highest BCUT2D eigenvalue weighted by Gasteiger charge is 2.41. The molecule has 0 saturated carbocycles. The lowest BCUT2D eigenvalue weighted by Crippen LogP contribution is -2.18. The lowest BCUT2D eigenvalue weighted by molar-refractivity contribution is -0.143. The van der Waals surface area contributed by atoms with Gasteiger partial charge in [-0.2, -0.15) is 0 Å². The maximum absolute atomic E-state index is 13.6. The van der Waals surface area contributed by atoms with Gasteiger partial charge in [-0.05, 0) is 106 Å². The van der Waals surface area contributed by atoms with E-state index in [1.165, 1.54) is 38.4 Å². The van der Waals surface area contributed by atoms with E-state index in [0.717, 1.165) is 87.3 Å². The van der Waals surface area contributed by atoms with E-state index >= 15 is 0 Å². The Morgan fingerprint density at radius 3 is 2.39 bits per heavy atom. The summed E-state index contributed by atoms with van der Waals surface area (Å²) in [6, 6.07) is 5.94. The van der Waals surface area contributed by atoms with Crippen LogP contribution in [0.1, 0.15) is 157 Å². The summed E-state index contributed by atoms with van der Waals surface area (Å²) in [4.78, 5) is 44.2. The Morgan fingerprint density at radius 2 is 1.68 bits per heavy atom. The number of fused-ring (bicyclic) bond motifs is 8. The average molecular weight is 777 g/mol. The molecule has 0 fully saturated rings. The molecular formula is C47H60N4O6. The van der Waals surface area contributed by atoms with Crippen LogP contribution in [0.25, 0.3) is 45.2 Å². The molecule has 3 aromatic heterocycles. The number of unbranched alkanes of at least 4 members (excludes halogenated alkanes) is 1. The number of rotatable bonds is 14. The lowest BCUT2D eigenvalue weighted by Gasteiger charge is -2.19. The summed E-state index contributed by atoms with van der Waals surface area (Å²) in [6.45, 7) is 17.0. The first kappa shape index (κ1) is 41.5. The van der Waals surface area contributed by atoms with E-state index < -0.39 is 11.9 Å². The normalized spacial score (nSPS) is 18.8. The van der Waals surface area contributed by atoms with Gasteiger partial charge >= 0.3 is 11.9 Å². The molecule has 10 nitrogen and oxygen atoms in total. The number of hydrogen-bond acceptors (Lipinski definition) is 8. The average Bonchev–Trinajstić information content (AvgIpc) is 3.93. The standard InChI is InChI=1S/C47H60N4O6/c1-10-12-14-25(3)15-13-16-26(4)19-20-57-40(53)18-17-32-28(6)36-21-34-29(7)33(24-52)39(49-34)22-35-27(5)31(11-2)38(48-35)23-37-30(8)41-45(51-37)42(44(32)50-36)43(46(41)54)47(55)56-9/h19,21-25,28,32,43,49,51-52,54H,10-18,20H2,1-9H3/b26-19-,33-24?,36-21?,38-23?,39-22?/t25-,28+,32+,43-/m1/s1. The van der Waals surface area contributed by atoms with Crippen molar-refractivity contribution in [1.82, 2.24) is 19.9 Å². The first-order valence-corrected chi connectivity index (χ1v) is 20.7. The molecule has 3 aliphatic rings. The molecule has 2 aliphatic heterocycles. The highest BCUT2D eigenvalue weighted by Crippen LogP contribution is 2.46. The second kappa shape index (κ2) is 17.6. The smallest absolute Gasteiger partial charge is 0.321 e. The van der Waals surface area contributed by atoms with Gasteiger partial charge in [-0.25, -0.2) is 4.98 Å². The third-order valence-corrected chi connectivity index (χ3v) is 12.5. The fourth-order valence-corrected chi connectivity index (χ4v) is 8.89. The van der Waals surface area contributed by atoms with Crippen LogP contribution in [0, 0.1) is 19.8 Å². The number of aliphatic hydroxyl groups excluding tert-OH is 2. The van der Waals surface area contributed by atoms with Gasteiger partial charge in [0.15, 0.2) is 0 Å². The van der Waals surface area contributed by atoms with Crippen LogP contribution in [-0.2, 0) is 19.1 Å². The van der Waals surface area contributed by atoms with Gasteiger partial charge in [0, 0.05) is 51.0 Å². The zero-order chi connectivity index (χ0) is 41.1. The number of aryl methyl sites for hydroxylation is 2. The summed E-state index contributed by atoms with van der Waals surface area (Å²) >= 11 is 0. The number of ether oxygens (including phenoxy) is 2. The van der Waals surface area contributed by atoms with Crippen molar-refractivity contribution in [1.29, 1.82) is 0 Å². The first-order chi connectivity index (χ1) is 27.3. The molecule has 3 aromatic rings. The Morgan fingerprint density at radius 1 is 0.965 bits per heavy atom. The number of H-pyrrole nitrogens is 2. The zero-order valence-corrected chi connectivity index (χ0v) is 35.2. The van der Waals surface area contributed by atoms with Gasteiger partial charge < -0.3 is 29.7 Å². The van der Waals surface area contributed by atoms with Crippen molar-refractivity contribution < 1.29 is 29.3 Å². The summed E-state index contributed by atoms with van der Waals surface area (Å²) in [7, 11) is 1.32. The molecule has 0 spiro atoms. The first-order valence-electron chi connectivity index (χ1n) is 20.7. The SMILES string of the molecule is CCCC[C@@H](C)CCC/C(C)=C\COC(=O)CC[C@@H]1c2nc(cc3[nH]c(cc4nc(cc5[nH]c6c2[C@@H](C(=O)OC)C(O)=c6c5C)C(CC)=C4C)c(=CO)c3C)[C@H]1C. The van der Waals surface area contributed by atoms with Crippen LogP contribution < -0.4 is 10.4 Å². The summed E-state index contributed by atoms with van der Waals surface area (Å²) in [5.41, 5.74) is 11.4. The minimum atomic E-state index is -1.09. The number of carbonyl (C=O) groups is 2. The number of aromatic amines is 2. The van der Waals surface area contributed by atoms with Crippen LogP contribution >= 0.6 is 0 Å². The molecule has 0 radical (unpaired) electrons. The Balaban J connectivity index is 1.43. The summed E-state index contributed by atoms with van der Waals surface area (Å²) in [5, 5.41) is 23.5. The van der Waals surface area contributed by atoms with Crippen molar-refractivity contribution >= 4 is 57.2 Å². The van der Waals surface area contributed by atoms with E-state index in [2.05, 4.69) is 51.5 Å². The van der Waals surface area contributed by atoms with Crippen LogP contribution in [0.4, 0.5) is 0 Å². The Kier molecular flexibility index (Phi) is 12.8. The minimum absolute atomic E-state index is 0.0887. The molecule has 0 aromatic carbocycles. The highest BCUT2D eigenvalue weighted by molar-refractivity contribution is 5.97. The molecule has 57 heavy (non-hydrogen) atoms. The topological polar surface area (TPSA) is 150 Å². The molecule has 6 rings (SSSR count). The van der Waals surface area contributed by atoms with Gasteiger partial charge in [0.1, 0.15) is 18.3 Å². The fraction of sp³-hybridized carbons (Fsp3) is 0.489. The van der Waals surface area contributed by atoms with Gasteiger partial charge in [-0.3, -0.25) is 14.6 Å². The zero-order valence-electron chi connectivity index (χ0n) is 35.2. The Bertz CT molecular complexity index is 2410. The van der Waals surface area contributed by atoms with E-state index in [4.69, 9.17) is 19.4 Å². The highest BCUT2D eigenvalue weighted by atomic mass is 16.5. The molecular weight excluding hydrogens is 717 g/mol. The van der Waals surface area contributed by atoms with Gasteiger partial charge in [0.05, 0.1) is 41.5 Å². The summed E-state index contributed by atoms with van der Waals surface area (Å²) < 4.78 is 11.0. The number of hydrogen-bond donors (Lipinski definition) is 4. The van der Waals surface area contributed by atoms with E-state index in [-0.39, 0.29) is 36.6 Å². The van der Waals surface area contributed by atoms with Gasteiger partial charge in [-0.1, -0.05) is 59.0 Å². The van der Waals surface area contributed by atoms with E-state index in [1.54, 1.807) is 0 Å². The van der Waals surface area contributed by atoms with Crippen LogP contribution in [0.15, 0.2) is 29.8 Å². The molecule has 304 valence electrons. The van der Waals surface area contributed by atoms with Crippen LogP contribution in [0.5, 0.6) is 0 Å². The molecule has 8 bridgehead atoms. The predicted molar refractivity (Wildman–Crippen MR) is 228 cm³/mol. The predicted octanol–water partition coefficient (Wildman–Crippen LogP) is 9.66. The quantitative estimate of drug-likeness (QED) is 0.0934. The van der Waals surface area contributed by atoms with Gasteiger partial charge in [0.25, 0.3) is 0 Å². The van der Waals surface area contributed by atoms with Crippen LogP contribution in [0.3, 0.4) is 0 Å². The second-order valence-corrected chi connectivity index (χ2v) is 16.3. The van der Waals surface area contributed by atoms with Crippen molar-refractivity contribution in [2.24, 2.45) is 5.92 Å². The van der Waals surface area contributed by atoms with Crippen molar-refractivity contribution in [3.8, 4) is 0 Å². The van der Waals surface area contributed by atoms with E-state index in [9.17, 15) is 19.8 Å². The number of methoxy groups -OCH3 is 1. The lowest BCUT2D eigenvalue weighted by atomic mass is 9.84. The Hall–Kier alpha value is -5.12. The summed E-state index contributed by atoms with van der Waals surface area (Å²) in [5.74, 6) is -1.81. The van der Waals surface area contributed by atoms with E-state index in [1.807, 2.05) is 38.1 Å². The third-order valence-electron chi connectivity index (χ3n) is 12.5. The van der Waals surface area contributed by atoms with Crippen molar-refractivity contribution in [3.63, 3.8) is 0 Å². The fourth-order valence-electron chi connectivity index (χ4n) is 8.89. The number of aliphatic hydroxyl groups is 2. The molecule has 4 N–H and O–H groups in total. The Labute approximate surface area is 335 Å². The second-order valence-electron chi connectivity index (χ2n) is 16.3. The number of carbonyl (C=O) groups excluding carboxylic acids is 2. The monoisotopic (exact) mass is 776 g/mol. The van der Waals surface area contributed by atoms with Crippen molar-refractivity contribution in [2.45, 2.75) is 131 Å². The molecule has 0 saturated heterocycles. The summed E-state index contributed by atoms with van der Waals surface area (Å²) in [6.07, 6.45) is 11.6. The van der Waals surface area contributed by atoms with Crippen molar-refractivity contribution in [3.05, 3.63) is 79.8 Å². The largest absolute Gasteiger partial charge is 0.515 e. The van der Waals surface area contributed by atoms with Crippen molar-refractivity contribution in [2.75, 3.05) is 13.7 Å². The number of nitrogens with zero attached hydrogens (tertiary/aromatic N) is 2. The number of nitrogens with one attached hydrogen (secondary N) is 2. The van der Waals surface area contributed by atoms with Crippen LogP contribution in [-0.4, -0.2) is 55.8 Å². The number of aromatic nitrogens is 4. The number of allylic oxidation sites excluding steroid dienone is 3. The maximum Gasteiger partial charge on any atom is 0.321 e. The molecule has 5 heterocycles. The number of esters is 2. The molecule has 0 unspecified atom stereocenters. The maximum atomic E-state index is 13.6. The minimum Gasteiger partial charge on any atom is -0.515 e. The molecule has 10 heteroatoms.